The number of esters is 2. The summed E-state index contributed by atoms with van der Waals surface area (Å²) in [6, 6.07) is 2.66. The summed E-state index contributed by atoms with van der Waals surface area (Å²) in [5.41, 5.74) is -4.00. The van der Waals surface area contributed by atoms with Crippen molar-refractivity contribution in [2.75, 3.05) is 66.8 Å². The maximum absolute atomic E-state index is 14.9. The number of rotatable bonds is 17. The molecule has 18 atom stereocenters. The first-order valence-electron chi connectivity index (χ1n) is 28.7. The van der Waals surface area contributed by atoms with E-state index < -0.39 is 119 Å². The van der Waals surface area contributed by atoms with E-state index >= 15 is 0 Å². The molecule has 7 rings (SSSR count). The molecular weight excluding hydrogens is 1070 g/mol. The lowest BCUT2D eigenvalue weighted by atomic mass is 9.77. The maximum atomic E-state index is 14.9. The third kappa shape index (κ3) is 14.3. The van der Waals surface area contributed by atoms with Crippen molar-refractivity contribution >= 4 is 52.3 Å². The number of aliphatic hydroxyl groups excluding tert-OH is 1. The number of anilines is 1. The highest BCUT2D eigenvalue weighted by molar-refractivity contribution is 6.34. The molecule has 1 aliphatic carbocycles. The maximum Gasteiger partial charge on any atom is 0.509 e. The Hall–Kier alpha value is -4.20. The predicted octanol–water partition coefficient (Wildman–Crippen LogP) is 6.07. The van der Waals surface area contributed by atoms with Gasteiger partial charge in [0.1, 0.15) is 23.4 Å². The average Bonchev–Trinajstić information content (AvgIpc) is 4.38. The van der Waals surface area contributed by atoms with E-state index in [4.69, 9.17) is 54.2 Å². The summed E-state index contributed by atoms with van der Waals surface area (Å²) in [6.07, 6.45) is -6.02. The number of hydrogen-bond donors (Lipinski definition) is 4. The van der Waals surface area contributed by atoms with Crippen LogP contribution in [0.4, 0.5) is 10.5 Å². The number of hydrogen-bond acceptors (Lipinski definition) is 20. The summed E-state index contributed by atoms with van der Waals surface area (Å²) < 4.78 is 59.0. The Labute approximate surface area is 481 Å². The Bertz CT molecular complexity index is 2620. The lowest BCUT2D eigenvalue weighted by Gasteiger charge is -2.49. The third-order valence-electron chi connectivity index (χ3n) is 17.7. The van der Waals surface area contributed by atoms with Crippen LogP contribution in [0.5, 0.6) is 0 Å². The van der Waals surface area contributed by atoms with E-state index in [2.05, 4.69) is 5.32 Å². The van der Waals surface area contributed by atoms with E-state index in [1.807, 2.05) is 82.1 Å². The Morgan fingerprint density at radius 2 is 1.64 bits per heavy atom. The molecule has 456 valence electrons. The van der Waals surface area contributed by atoms with Crippen LogP contribution in [0, 0.1) is 17.8 Å². The molecule has 0 amide bonds. The van der Waals surface area contributed by atoms with Gasteiger partial charge in [0, 0.05) is 75.3 Å². The monoisotopic (exact) mass is 1160 g/mol. The van der Waals surface area contributed by atoms with Crippen molar-refractivity contribution in [1.82, 2.24) is 19.3 Å². The number of carbonyl (C=O) groups excluding carboxylic acids is 3. The highest BCUT2D eigenvalue weighted by Crippen LogP contribution is 2.43. The number of carboxylic acid groups (broad SMARTS) is 1. The van der Waals surface area contributed by atoms with Crippen molar-refractivity contribution in [1.29, 1.82) is 0 Å². The molecule has 22 nitrogen and oxygen atoms in total. The Morgan fingerprint density at radius 1 is 0.951 bits per heavy atom. The first-order chi connectivity index (χ1) is 37.9. The van der Waals surface area contributed by atoms with Gasteiger partial charge in [-0.15, -0.1) is 0 Å². The van der Waals surface area contributed by atoms with Crippen LogP contribution in [0.2, 0.25) is 5.02 Å². The molecular formula is C58H90ClN5O17. The van der Waals surface area contributed by atoms with Gasteiger partial charge in [-0.3, -0.25) is 19.3 Å². The number of ether oxygens (including phenoxy) is 9. The largest absolute Gasteiger partial charge is 0.509 e. The molecule has 4 aliphatic heterocycles. The van der Waals surface area contributed by atoms with Crippen molar-refractivity contribution in [2.45, 2.75) is 211 Å². The Morgan fingerprint density at radius 3 is 2.27 bits per heavy atom. The second-order valence-corrected chi connectivity index (χ2v) is 25.1. The number of carboxylic acids is 1. The van der Waals surface area contributed by atoms with Crippen LogP contribution >= 0.6 is 11.6 Å². The van der Waals surface area contributed by atoms with E-state index in [-0.39, 0.29) is 60.7 Å². The molecule has 5 heterocycles. The smallest absolute Gasteiger partial charge is 0.477 e. The molecule has 4 saturated heterocycles. The molecule has 1 saturated carbocycles. The van der Waals surface area contributed by atoms with Crippen LogP contribution in [-0.2, 0) is 52.2 Å². The molecule has 0 unspecified atom stereocenters. The highest BCUT2D eigenvalue weighted by atomic mass is 35.5. The topological polar surface area (TPSA) is 256 Å². The van der Waals surface area contributed by atoms with Gasteiger partial charge in [0.25, 0.3) is 0 Å². The van der Waals surface area contributed by atoms with Gasteiger partial charge in [-0.2, -0.15) is 0 Å². The number of aromatic carboxylic acids is 1. The number of nitrogens with one attached hydrogen (secondary N) is 1. The number of likely N-dealkylation sites (N-methyl/N-ethyl adjacent to an activating group) is 3. The average molecular weight is 1160 g/mol. The fourth-order valence-corrected chi connectivity index (χ4v) is 13.1. The summed E-state index contributed by atoms with van der Waals surface area (Å²) >= 11 is 6.69. The number of cyclic esters (lactones) is 1. The number of methoxy groups -OCH3 is 1. The Balaban J connectivity index is 1.08. The fraction of sp³-hybridized carbons (Fsp3) is 0.776. The van der Waals surface area contributed by atoms with Crippen molar-refractivity contribution in [3.63, 3.8) is 0 Å². The van der Waals surface area contributed by atoms with E-state index in [1.165, 1.54) is 13.3 Å². The number of aromatic nitrogens is 1. The van der Waals surface area contributed by atoms with Gasteiger partial charge in [0.15, 0.2) is 30.4 Å². The van der Waals surface area contributed by atoms with Crippen molar-refractivity contribution in [3.8, 4) is 0 Å². The van der Waals surface area contributed by atoms with Crippen molar-refractivity contribution < 1.29 is 77.1 Å². The second-order valence-electron chi connectivity index (χ2n) is 24.7. The molecule has 23 heteroatoms. The summed E-state index contributed by atoms with van der Waals surface area (Å²) in [7, 11) is 9.01. The fourth-order valence-electron chi connectivity index (χ4n) is 12.8. The van der Waals surface area contributed by atoms with Gasteiger partial charge in [-0.1, -0.05) is 32.4 Å². The van der Waals surface area contributed by atoms with Gasteiger partial charge < -0.3 is 77.6 Å². The number of aliphatic hydroxyl groups is 2. The molecule has 5 aliphatic rings. The summed E-state index contributed by atoms with van der Waals surface area (Å²) in [5, 5.41) is 38.3. The molecule has 81 heavy (non-hydrogen) atoms. The van der Waals surface area contributed by atoms with Crippen LogP contribution in [0.3, 0.4) is 0 Å². The number of pyridine rings is 1. The number of halogens is 1. The quantitative estimate of drug-likeness (QED) is 0.104. The van der Waals surface area contributed by atoms with Gasteiger partial charge in [-0.05, 0) is 127 Å². The van der Waals surface area contributed by atoms with E-state index in [1.54, 1.807) is 46.8 Å². The summed E-state index contributed by atoms with van der Waals surface area (Å²) in [4.78, 5) is 72.6. The van der Waals surface area contributed by atoms with Crippen LogP contribution in [0.1, 0.15) is 131 Å². The van der Waals surface area contributed by atoms with E-state index in [9.17, 15) is 39.3 Å². The zero-order chi connectivity index (χ0) is 59.8. The molecule has 4 N–H and O–H groups in total. The van der Waals surface area contributed by atoms with Crippen molar-refractivity contribution in [3.05, 3.63) is 39.1 Å². The lowest BCUT2D eigenvalue weighted by molar-refractivity contribution is -0.318. The van der Waals surface area contributed by atoms with Gasteiger partial charge in [0.2, 0.25) is 5.43 Å². The summed E-state index contributed by atoms with van der Waals surface area (Å²) in [5.74, 6) is -4.58. The minimum atomic E-state index is -1.64. The minimum absolute atomic E-state index is 0.0144. The molecule has 0 spiro atoms. The lowest BCUT2D eigenvalue weighted by Crippen LogP contribution is -2.61. The molecule has 5 fully saturated rings. The van der Waals surface area contributed by atoms with Crippen LogP contribution in [-0.4, -0.2) is 210 Å². The van der Waals surface area contributed by atoms with Crippen LogP contribution in [0.25, 0.3) is 10.9 Å². The number of nitrogens with zero attached hydrogens (tertiary/aromatic N) is 4. The molecule has 1 aromatic heterocycles. The molecule has 0 bridgehead atoms. The van der Waals surface area contributed by atoms with Crippen LogP contribution in [0.15, 0.2) is 23.1 Å². The zero-order valence-electron chi connectivity index (χ0n) is 50.0. The highest BCUT2D eigenvalue weighted by Gasteiger charge is 2.59. The van der Waals surface area contributed by atoms with Gasteiger partial charge >= 0.3 is 24.1 Å². The van der Waals surface area contributed by atoms with Gasteiger partial charge in [-0.25, -0.2) is 9.59 Å². The van der Waals surface area contributed by atoms with Gasteiger partial charge in [0.05, 0.1) is 58.6 Å². The number of carbonyl (C=O) groups is 4. The molecule has 1 aromatic carbocycles. The van der Waals surface area contributed by atoms with E-state index in [0.717, 1.165) is 12.8 Å². The van der Waals surface area contributed by atoms with E-state index in [0.29, 0.717) is 48.8 Å². The first kappa shape index (κ1) is 64.4. The normalized spacial score (nSPS) is 37.5. The predicted molar refractivity (Wildman–Crippen MR) is 300 cm³/mol. The molecule has 2 aromatic rings. The Kier molecular flexibility index (Phi) is 20.6. The SMILES string of the molecule is CC[C@H]1OC(=O)[C@H](C)[C@@H](O[C@H]2C[C@@](C)(OC)[C@@H](OC(=O)CCN(C)CCNc3cc4c(=O)c(C(=O)O)cn(C5CC5)c4cc3Cl)[C@H](C)O2)[C@H](C)[C@@H](O[C@@H]2O[C@H](C)C[C@H](N(C)C)[C@H]2O)[C@](C)(O)C[C@@H](C)CN(C)[C@H](C)[C@H]2OC(=O)O[C@@]21C. The second kappa shape index (κ2) is 26.0. The zero-order valence-corrected chi connectivity index (χ0v) is 50.7. The first-order valence-corrected chi connectivity index (χ1v) is 29.1. The molecule has 0 radical (unpaired) electrons. The van der Waals surface area contributed by atoms with Crippen molar-refractivity contribution in [2.24, 2.45) is 17.8 Å². The number of benzene rings is 1. The van der Waals surface area contributed by atoms with Crippen LogP contribution < -0.4 is 10.7 Å². The standard InChI is InChI=1S/C58H90ClN5O17/c1-16-43-58(10)50(80-55(71)81-58)34(6)63(14)28-30(2)26-56(8,72)49(79-54-47(67)42(61(11)12)23-31(3)74-54)32(4)48(33(5)53(70)76-43)78-45-27-57(9,73-15)51(35(7)75-45)77-44(65)19-21-62(13)22-20-60-40-24-37-41(25-39(40)59)64(36-17-18-36)29-38(46(37)66)52(68)69/h24-25,29-36,42-43,45,47-51,54,60,67,72H,16-23,26-28H2,1-15H3,(H,68,69)/t30-,31-,32+,33-,34-,35+,42+,43-,45+,47-,48+,49-,50-,51+,54+,56-,57-,58-/m1/s1. The summed E-state index contributed by atoms with van der Waals surface area (Å²) in [6.45, 7) is 19.7. The number of fused-ring (bicyclic) bond motifs is 2. The third-order valence-corrected chi connectivity index (χ3v) is 18.0. The minimum Gasteiger partial charge on any atom is -0.477 e.